The first-order valence-electron chi connectivity index (χ1n) is 6.96. The molecule has 0 aliphatic carbocycles. The zero-order valence-electron chi connectivity index (χ0n) is 11.9. The summed E-state index contributed by atoms with van der Waals surface area (Å²) in [5.41, 5.74) is 8.10. The Balaban J connectivity index is 2.95. The molecular weight excluding hydrogens is 222 g/mol. The zero-order valence-corrected chi connectivity index (χ0v) is 11.9. The van der Waals surface area contributed by atoms with Gasteiger partial charge in [0.2, 0.25) is 0 Å². The molecule has 0 aliphatic heterocycles. The Morgan fingerprint density at radius 2 is 1.89 bits per heavy atom. The lowest BCUT2D eigenvalue weighted by molar-refractivity contribution is 0.169. The van der Waals surface area contributed by atoms with Gasteiger partial charge in [-0.3, -0.25) is 0 Å². The summed E-state index contributed by atoms with van der Waals surface area (Å²) in [6.45, 7) is 7.15. The van der Waals surface area contributed by atoms with Crippen LogP contribution in [-0.2, 0) is 5.41 Å². The van der Waals surface area contributed by atoms with E-state index in [1.807, 2.05) is 0 Å². The van der Waals surface area contributed by atoms with Crippen molar-refractivity contribution in [2.75, 3.05) is 13.2 Å². The number of hydrogen-bond acceptors (Lipinski definition) is 2. The average molecular weight is 249 g/mol. The Kier molecular flexibility index (Phi) is 5.83. The van der Waals surface area contributed by atoms with E-state index in [1.54, 1.807) is 0 Å². The molecule has 1 aromatic carbocycles. The summed E-state index contributed by atoms with van der Waals surface area (Å²) in [6.07, 6.45) is 3.33. The molecule has 2 nitrogen and oxygen atoms in total. The van der Waals surface area contributed by atoms with Gasteiger partial charge in [-0.2, -0.15) is 0 Å². The van der Waals surface area contributed by atoms with Gasteiger partial charge in [-0.1, -0.05) is 56.5 Å². The minimum Gasteiger partial charge on any atom is -0.395 e. The fourth-order valence-electron chi connectivity index (χ4n) is 2.71. The van der Waals surface area contributed by atoms with Crippen molar-refractivity contribution in [2.45, 2.75) is 45.4 Å². The van der Waals surface area contributed by atoms with Gasteiger partial charge >= 0.3 is 0 Å². The van der Waals surface area contributed by atoms with Crippen LogP contribution in [0.5, 0.6) is 0 Å². The van der Waals surface area contributed by atoms with E-state index in [0.717, 1.165) is 6.42 Å². The third-order valence-electron chi connectivity index (χ3n) is 3.88. The van der Waals surface area contributed by atoms with Crippen LogP contribution in [0.1, 0.15) is 44.2 Å². The van der Waals surface area contributed by atoms with Crippen molar-refractivity contribution in [3.8, 4) is 0 Å². The van der Waals surface area contributed by atoms with Crippen molar-refractivity contribution in [2.24, 2.45) is 11.7 Å². The van der Waals surface area contributed by atoms with Crippen molar-refractivity contribution in [1.29, 1.82) is 0 Å². The number of rotatable bonds is 7. The Hall–Kier alpha value is -0.860. The number of aryl methyl sites for hydroxylation is 1. The maximum absolute atomic E-state index is 9.84. The second-order valence-corrected chi connectivity index (χ2v) is 5.61. The second kappa shape index (κ2) is 6.91. The van der Waals surface area contributed by atoms with Crippen LogP contribution in [0.4, 0.5) is 0 Å². The number of aliphatic hydroxyl groups excluding tert-OH is 1. The topological polar surface area (TPSA) is 46.2 Å². The maximum Gasteiger partial charge on any atom is 0.0540 e. The van der Waals surface area contributed by atoms with E-state index in [-0.39, 0.29) is 12.0 Å². The van der Waals surface area contributed by atoms with Gasteiger partial charge in [0.05, 0.1) is 6.61 Å². The highest BCUT2D eigenvalue weighted by atomic mass is 16.3. The van der Waals surface area contributed by atoms with Gasteiger partial charge in [0, 0.05) is 12.0 Å². The Labute approximate surface area is 111 Å². The van der Waals surface area contributed by atoms with Crippen LogP contribution >= 0.6 is 0 Å². The van der Waals surface area contributed by atoms with Crippen molar-refractivity contribution in [1.82, 2.24) is 0 Å². The molecule has 0 aromatic heterocycles. The van der Waals surface area contributed by atoms with Gasteiger partial charge in [0.1, 0.15) is 0 Å². The molecule has 0 aliphatic rings. The van der Waals surface area contributed by atoms with Gasteiger partial charge in [0.25, 0.3) is 0 Å². The minimum absolute atomic E-state index is 0.126. The normalized spacial score (nSPS) is 16.3. The maximum atomic E-state index is 9.84. The highest BCUT2D eigenvalue weighted by Crippen LogP contribution is 2.32. The highest BCUT2D eigenvalue weighted by molar-refractivity contribution is 5.29. The van der Waals surface area contributed by atoms with Crippen molar-refractivity contribution >= 4 is 0 Å². The molecule has 0 heterocycles. The fourth-order valence-corrected chi connectivity index (χ4v) is 2.71. The molecule has 0 amide bonds. The van der Waals surface area contributed by atoms with E-state index in [2.05, 4.69) is 45.0 Å². The first-order valence-corrected chi connectivity index (χ1v) is 6.96. The molecule has 102 valence electrons. The zero-order chi connectivity index (χ0) is 13.6. The summed E-state index contributed by atoms with van der Waals surface area (Å²) in [5, 5.41) is 9.84. The molecule has 0 saturated carbocycles. The lowest BCUT2D eigenvalue weighted by Crippen LogP contribution is -2.40. The third-order valence-corrected chi connectivity index (χ3v) is 3.88. The Morgan fingerprint density at radius 3 is 2.33 bits per heavy atom. The Bertz CT molecular complexity index is 341. The molecule has 2 unspecified atom stereocenters. The van der Waals surface area contributed by atoms with Gasteiger partial charge in [-0.05, 0) is 24.8 Å². The molecule has 0 fully saturated rings. The third kappa shape index (κ3) is 3.56. The molecule has 1 aromatic rings. The number of benzene rings is 1. The first-order chi connectivity index (χ1) is 8.57. The van der Waals surface area contributed by atoms with E-state index in [1.165, 1.54) is 24.0 Å². The lowest BCUT2D eigenvalue weighted by atomic mass is 9.73. The van der Waals surface area contributed by atoms with E-state index < -0.39 is 0 Å². The summed E-state index contributed by atoms with van der Waals surface area (Å²) in [4.78, 5) is 0. The van der Waals surface area contributed by atoms with Crippen LogP contribution in [-0.4, -0.2) is 18.3 Å². The Morgan fingerprint density at radius 1 is 1.28 bits per heavy atom. The standard InChI is InChI=1S/C16H27NO/c1-4-5-14(3)10-16(11-17,12-18)15-8-6-13(2)7-9-15/h6-9,14,18H,4-5,10-12,17H2,1-3H3. The van der Waals surface area contributed by atoms with Gasteiger partial charge in [0.15, 0.2) is 0 Å². The van der Waals surface area contributed by atoms with Crippen LogP contribution in [0, 0.1) is 12.8 Å². The van der Waals surface area contributed by atoms with Crippen LogP contribution in [0.15, 0.2) is 24.3 Å². The van der Waals surface area contributed by atoms with Crippen LogP contribution in [0.2, 0.25) is 0 Å². The SMILES string of the molecule is CCCC(C)CC(CN)(CO)c1ccc(C)cc1. The van der Waals surface area contributed by atoms with Gasteiger partial charge in [-0.15, -0.1) is 0 Å². The van der Waals surface area contributed by atoms with E-state index >= 15 is 0 Å². The van der Waals surface area contributed by atoms with Crippen molar-refractivity contribution in [3.63, 3.8) is 0 Å². The summed E-state index contributed by atoms with van der Waals surface area (Å²) >= 11 is 0. The van der Waals surface area contributed by atoms with E-state index in [9.17, 15) is 5.11 Å². The predicted octanol–water partition coefficient (Wildman–Crippen LogP) is 3.01. The predicted molar refractivity (Wildman–Crippen MR) is 77.7 cm³/mol. The molecule has 0 spiro atoms. The monoisotopic (exact) mass is 249 g/mol. The van der Waals surface area contributed by atoms with Crippen molar-refractivity contribution < 1.29 is 5.11 Å². The van der Waals surface area contributed by atoms with Crippen LogP contribution < -0.4 is 5.73 Å². The largest absolute Gasteiger partial charge is 0.395 e. The quantitative estimate of drug-likeness (QED) is 0.780. The molecule has 18 heavy (non-hydrogen) atoms. The summed E-state index contributed by atoms with van der Waals surface area (Å²) in [5.74, 6) is 0.590. The summed E-state index contributed by atoms with van der Waals surface area (Å²) < 4.78 is 0. The summed E-state index contributed by atoms with van der Waals surface area (Å²) in [7, 11) is 0. The molecule has 0 radical (unpaired) electrons. The first kappa shape index (κ1) is 15.2. The summed E-state index contributed by atoms with van der Waals surface area (Å²) in [6, 6.07) is 8.41. The number of hydrogen-bond donors (Lipinski definition) is 2. The molecule has 0 saturated heterocycles. The number of aliphatic hydroxyl groups is 1. The highest BCUT2D eigenvalue weighted by Gasteiger charge is 2.31. The van der Waals surface area contributed by atoms with Crippen LogP contribution in [0.3, 0.4) is 0 Å². The van der Waals surface area contributed by atoms with E-state index in [4.69, 9.17) is 5.73 Å². The lowest BCUT2D eigenvalue weighted by Gasteiger charge is -2.34. The second-order valence-electron chi connectivity index (χ2n) is 5.61. The molecule has 2 heteroatoms. The van der Waals surface area contributed by atoms with E-state index in [0.29, 0.717) is 12.5 Å². The molecular formula is C16H27NO. The van der Waals surface area contributed by atoms with Crippen LogP contribution in [0.25, 0.3) is 0 Å². The molecule has 2 atom stereocenters. The van der Waals surface area contributed by atoms with Crippen molar-refractivity contribution in [3.05, 3.63) is 35.4 Å². The smallest absolute Gasteiger partial charge is 0.0540 e. The fraction of sp³-hybridized carbons (Fsp3) is 0.625. The minimum atomic E-state index is -0.276. The van der Waals surface area contributed by atoms with Gasteiger partial charge < -0.3 is 10.8 Å². The average Bonchev–Trinajstić information content (AvgIpc) is 2.37. The molecule has 0 bridgehead atoms. The molecule has 1 rings (SSSR count). The molecule has 3 N–H and O–H groups in total. The van der Waals surface area contributed by atoms with Gasteiger partial charge in [-0.25, -0.2) is 0 Å². The number of nitrogens with two attached hydrogens (primary N) is 1.